The highest BCUT2D eigenvalue weighted by Crippen LogP contribution is 2.41. The van der Waals surface area contributed by atoms with Gasteiger partial charge in [0.05, 0.1) is 25.1 Å². The second kappa shape index (κ2) is 8.82. The van der Waals surface area contributed by atoms with Crippen molar-refractivity contribution >= 4 is 44.6 Å². The van der Waals surface area contributed by atoms with Crippen molar-refractivity contribution in [3.05, 3.63) is 28.7 Å². The van der Waals surface area contributed by atoms with Gasteiger partial charge in [0.2, 0.25) is 5.91 Å². The summed E-state index contributed by atoms with van der Waals surface area (Å²) in [7, 11) is 3.67. The Kier molecular flexibility index (Phi) is 5.92. The van der Waals surface area contributed by atoms with E-state index in [1.54, 1.807) is 27.6 Å². The number of anilines is 1. The number of likely N-dealkylation sites (N-methyl/N-ethyl adjacent to an activating group) is 1. The molecule has 2 saturated heterocycles. The van der Waals surface area contributed by atoms with Crippen molar-refractivity contribution in [2.24, 2.45) is 0 Å². The Labute approximate surface area is 190 Å². The number of fused-ring (bicyclic) bond motifs is 1. The van der Waals surface area contributed by atoms with Crippen LogP contribution in [-0.2, 0) is 16.1 Å². The fourth-order valence-corrected chi connectivity index (χ4v) is 6.17. The second-order valence-electron chi connectivity index (χ2n) is 8.24. The molecular formula is C22H27N5O2S2. The molecule has 1 unspecified atom stereocenters. The zero-order valence-electron chi connectivity index (χ0n) is 17.9. The molecule has 0 aliphatic carbocycles. The number of thiophene rings is 2. The number of carbonyl (C=O) groups is 1. The first-order valence-electron chi connectivity index (χ1n) is 10.7. The monoisotopic (exact) mass is 457 g/mol. The number of rotatable bonds is 5. The predicted octanol–water partition coefficient (Wildman–Crippen LogP) is 3.31. The van der Waals surface area contributed by atoms with Crippen LogP contribution in [0, 0.1) is 0 Å². The Morgan fingerprint density at radius 2 is 2.06 bits per heavy atom. The molecule has 0 saturated carbocycles. The van der Waals surface area contributed by atoms with Crippen molar-refractivity contribution in [3.8, 4) is 10.4 Å². The van der Waals surface area contributed by atoms with Crippen LogP contribution in [0.1, 0.15) is 18.7 Å². The Hall–Kier alpha value is -2.07. The lowest BCUT2D eigenvalue weighted by Gasteiger charge is -2.29. The maximum atomic E-state index is 12.9. The third kappa shape index (κ3) is 4.07. The number of hydrogen-bond acceptors (Lipinski definition) is 8. The Morgan fingerprint density at radius 3 is 2.81 bits per heavy atom. The van der Waals surface area contributed by atoms with E-state index in [-0.39, 0.29) is 11.9 Å². The molecule has 3 aromatic rings. The van der Waals surface area contributed by atoms with Crippen LogP contribution in [0.4, 0.5) is 5.82 Å². The summed E-state index contributed by atoms with van der Waals surface area (Å²) in [5.74, 6) is 1.88. The highest BCUT2D eigenvalue weighted by atomic mass is 32.1. The first kappa shape index (κ1) is 20.8. The molecule has 1 amide bonds. The van der Waals surface area contributed by atoms with E-state index >= 15 is 0 Å². The topological polar surface area (TPSA) is 61.8 Å². The van der Waals surface area contributed by atoms with Crippen molar-refractivity contribution in [2.45, 2.75) is 25.4 Å². The van der Waals surface area contributed by atoms with E-state index in [1.165, 1.54) is 10.4 Å². The van der Waals surface area contributed by atoms with Gasteiger partial charge in [0, 0.05) is 49.6 Å². The van der Waals surface area contributed by atoms with Gasteiger partial charge in [-0.05, 0) is 24.3 Å². The van der Waals surface area contributed by atoms with Gasteiger partial charge in [-0.15, -0.1) is 22.7 Å². The molecule has 2 aliphatic rings. The fraction of sp³-hybridized carbons (Fsp3) is 0.500. The smallest absolute Gasteiger partial charge is 0.244 e. The maximum Gasteiger partial charge on any atom is 0.244 e. The summed E-state index contributed by atoms with van der Waals surface area (Å²) in [6.07, 6.45) is 1.85. The highest BCUT2D eigenvalue weighted by molar-refractivity contribution is 7.18. The average Bonchev–Trinajstić information content (AvgIpc) is 3.53. The molecule has 0 aromatic carbocycles. The minimum Gasteiger partial charge on any atom is -0.379 e. The van der Waals surface area contributed by atoms with Gasteiger partial charge in [0.1, 0.15) is 22.5 Å². The highest BCUT2D eigenvalue weighted by Gasteiger charge is 2.35. The molecule has 0 spiro atoms. The molecule has 5 rings (SSSR count). The summed E-state index contributed by atoms with van der Waals surface area (Å²) in [6.45, 7) is 4.84. The number of hydrogen-bond donors (Lipinski definition) is 0. The van der Waals surface area contributed by atoms with Crippen LogP contribution in [0.15, 0.2) is 22.9 Å². The van der Waals surface area contributed by atoms with Crippen molar-refractivity contribution in [1.29, 1.82) is 0 Å². The van der Waals surface area contributed by atoms with Gasteiger partial charge >= 0.3 is 0 Å². The average molecular weight is 458 g/mol. The molecule has 3 aromatic heterocycles. The van der Waals surface area contributed by atoms with Crippen LogP contribution >= 0.6 is 22.7 Å². The molecular weight excluding hydrogens is 430 g/mol. The van der Waals surface area contributed by atoms with Crippen LogP contribution in [0.5, 0.6) is 0 Å². The lowest BCUT2D eigenvalue weighted by Crippen LogP contribution is -2.43. The molecule has 164 valence electrons. The van der Waals surface area contributed by atoms with Crippen LogP contribution in [-0.4, -0.2) is 78.7 Å². The van der Waals surface area contributed by atoms with Gasteiger partial charge in [-0.3, -0.25) is 9.69 Å². The Morgan fingerprint density at radius 1 is 1.23 bits per heavy atom. The van der Waals surface area contributed by atoms with E-state index in [1.807, 2.05) is 14.1 Å². The van der Waals surface area contributed by atoms with Crippen molar-refractivity contribution in [3.63, 3.8) is 0 Å². The van der Waals surface area contributed by atoms with Gasteiger partial charge in [0.15, 0.2) is 0 Å². The lowest BCUT2D eigenvalue weighted by molar-refractivity contribution is -0.129. The number of ether oxygens (including phenoxy) is 1. The number of aromatic nitrogens is 2. The summed E-state index contributed by atoms with van der Waals surface area (Å²) in [5, 5.41) is 5.36. The Balaban J connectivity index is 1.60. The van der Waals surface area contributed by atoms with Crippen LogP contribution in [0.2, 0.25) is 0 Å². The summed E-state index contributed by atoms with van der Waals surface area (Å²) in [4.78, 5) is 31.4. The fourth-order valence-electron chi connectivity index (χ4n) is 4.39. The zero-order valence-corrected chi connectivity index (χ0v) is 19.5. The van der Waals surface area contributed by atoms with E-state index in [2.05, 4.69) is 32.7 Å². The maximum absolute atomic E-state index is 12.9. The molecule has 9 heteroatoms. The van der Waals surface area contributed by atoms with Crippen LogP contribution < -0.4 is 4.90 Å². The molecule has 7 nitrogen and oxygen atoms in total. The molecule has 1 atom stereocenters. The number of morpholine rings is 1. The van der Waals surface area contributed by atoms with E-state index in [4.69, 9.17) is 14.7 Å². The van der Waals surface area contributed by atoms with E-state index < -0.39 is 0 Å². The first-order valence-corrected chi connectivity index (χ1v) is 12.5. The molecule has 2 aliphatic heterocycles. The van der Waals surface area contributed by atoms with Crippen molar-refractivity contribution in [2.75, 3.05) is 51.8 Å². The molecule has 31 heavy (non-hydrogen) atoms. The van der Waals surface area contributed by atoms with Crippen LogP contribution in [0.3, 0.4) is 0 Å². The summed E-state index contributed by atoms with van der Waals surface area (Å²) in [6, 6.07) is 4.05. The third-order valence-corrected chi connectivity index (χ3v) is 7.74. The predicted molar refractivity (Wildman–Crippen MR) is 126 cm³/mol. The summed E-state index contributed by atoms with van der Waals surface area (Å²) < 4.78 is 5.49. The standard InChI is InChI=1S/C22H27N5O2S2/c1-25(2)22(28)16-5-3-7-27(16)20-19-15(17-6-4-12-30-17)14-31-21(19)24-18(23-20)13-26-8-10-29-11-9-26/h4,6,12,14,16H,3,5,7-11,13H2,1-2H3. The molecule has 0 radical (unpaired) electrons. The minimum atomic E-state index is -0.166. The normalized spacial score (nSPS) is 19.9. The van der Waals surface area contributed by atoms with Gasteiger partial charge < -0.3 is 14.5 Å². The first-order chi connectivity index (χ1) is 15.1. The third-order valence-electron chi connectivity index (χ3n) is 5.97. The SMILES string of the molecule is CN(C)C(=O)C1CCCN1c1nc(CN2CCOCC2)nc2scc(-c3cccs3)c12. The molecule has 5 heterocycles. The number of amides is 1. The summed E-state index contributed by atoms with van der Waals surface area (Å²) in [5.41, 5.74) is 1.17. The van der Waals surface area contributed by atoms with E-state index in [9.17, 15) is 4.79 Å². The van der Waals surface area contributed by atoms with Crippen LogP contribution in [0.25, 0.3) is 20.7 Å². The van der Waals surface area contributed by atoms with Crippen molar-refractivity contribution in [1.82, 2.24) is 19.8 Å². The Bertz CT molecular complexity index is 1060. The van der Waals surface area contributed by atoms with Gasteiger partial charge in [-0.2, -0.15) is 0 Å². The van der Waals surface area contributed by atoms with Gasteiger partial charge in [-0.25, -0.2) is 9.97 Å². The lowest BCUT2D eigenvalue weighted by atomic mass is 10.1. The number of carbonyl (C=O) groups excluding carboxylic acids is 1. The summed E-state index contributed by atoms with van der Waals surface area (Å²) >= 11 is 3.39. The second-order valence-corrected chi connectivity index (χ2v) is 10.0. The molecule has 0 N–H and O–H groups in total. The van der Waals surface area contributed by atoms with E-state index in [0.29, 0.717) is 6.54 Å². The van der Waals surface area contributed by atoms with E-state index in [0.717, 1.165) is 67.5 Å². The number of nitrogens with zero attached hydrogens (tertiary/aromatic N) is 5. The minimum absolute atomic E-state index is 0.145. The molecule has 0 bridgehead atoms. The molecule has 2 fully saturated rings. The van der Waals surface area contributed by atoms with Crippen molar-refractivity contribution < 1.29 is 9.53 Å². The zero-order chi connectivity index (χ0) is 21.4. The van der Waals surface area contributed by atoms with Gasteiger partial charge in [-0.1, -0.05) is 6.07 Å². The van der Waals surface area contributed by atoms with Gasteiger partial charge in [0.25, 0.3) is 0 Å². The quantitative estimate of drug-likeness (QED) is 0.586. The largest absolute Gasteiger partial charge is 0.379 e.